The van der Waals surface area contributed by atoms with Crippen LogP contribution in [0.1, 0.15) is 37.0 Å². The molecule has 0 unspecified atom stereocenters. The molecule has 0 radical (unpaired) electrons. The van der Waals surface area contributed by atoms with Crippen LogP contribution in [0.4, 0.5) is 0 Å². The SMILES string of the molecule is CC(C)(O)c1cccc2c1CCCNC2. The van der Waals surface area contributed by atoms with Crippen molar-refractivity contribution in [3.8, 4) is 0 Å². The average molecular weight is 205 g/mol. The maximum atomic E-state index is 10.1. The number of rotatable bonds is 1. The number of fused-ring (bicyclic) bond motifs is 1. The molecule has 2 N–H and O–H groups in total. The van der Waals surface area contributed by atoms with Gasteiger partial charge in [0.2, 0.25) is 0 Å². The molecule has 15 heavy (non-hydrogen) atoms. The zero-order valence-corrected chi connectivity index (χ0v) is 9.51. The lowest BCUT2D eigenvalue weighted by atomic mass is 9.88. The van der Waals surface area contributed by atoms with Gasteiger partial charge in [-0.2, -0.15) is 0 Å². The molecule has 1 aromatic carbocycles. The van der Waals surface area contributed by atoms with E-state index in [9.17, 15) is 5.11 Å². The second kappa shape index (κ2) is 3.95. The molecule has 82 valence electrons. The molecule has 0 aliphatic carbocycles. The normalized spacial score (nSPS) is 17.0. The van der Waals surface area contributed by atoms with Crippen LogP contribution < -0.4 is 5.32 Å². The maximum absolute atomic E-state index is 10.1. The summed E-state index contributed by atoms with van der Waals surface area (Å²) in [5.41, 5.74) is 3.04. The molecule has 0 aromatic heterocycles. The van der Waals surface area contributed by atoms with Gasteiger partial charge in [-0.1, -0.05) is 18.2 Å². The summed E-state index contributed by atoms with van der Waals surface area (Å²) in [6, 6.07) is 6.24. The van der Waals surface area contributed by atoms with E-state index >= 15 is 0 Å². The molecule has 1 aliphatic rings. The molecular formula is C13H19NO. The van der Waals surface area contributed by atoms with E-state index in [2.05, 4.69) is 11.4 Å². The number of hydrogen-bond acceptors (Lipinski definition) is 2. The quantitative estimate of drug-likeness (QED) is 0.734. The van der Waals surface area contributed by atoms with Gasteiger partial charge < -0.3 is 10.4 Å². The van der Waals surface area contributed by atoms with Gasteiger partial charge in [0.1, 0.15) is 0 Å². The molecule has 0 saturated carbocycles. The molecule has 0 atom stereocenters. The lowest BCUT2D eigenvalue weighted by Crippen LogP contribution is -2.19. The summed E-state index contributed by atoms with van der Waals surface area (Å²) in [7, 11) is 0. The van der Waals surface area contributed by atoms with Crippen molar-refractivity contribution < 1.29 is 5.11 Å². The first-order valence-corrected chi connectivity index (χ1v) is 5.63. The van der Waals surface area contributed by atoms with Crippen LogP contribution in [0.5, 0.6) is 0 Å². The van der Waals surface area contributed by atoms with Crippen LogP contribution >= 0.6 is 0 Å². The summed E-state index contributed by atoms with van der Waals surface area (Å²) >= 11 is 0. The zero-order valence-electron chi connectivity index (χ0n) is 9.51. The van der Waals surface area contributed by atoms with Gasteiger partial charge in [0.15, 0.2) is 0 Å². The number of hydrogen-bond donors (Lipinski definition) is 2. The van der Waals surface area contributed by atoms with Crippen LogP contribution in [0.15, 0.2) is 18.2 Å². The Morgan fingerprint density at radius 1 is 1.33 bits per heavy atom. The van der Waals surface area contributed by atoms with Crippen molar-refractivity contribution in [1.82, 2.24) is 5.32 Å². The first kappa shape index (κ1) is 10.7. The fourth-order valence-electron chi connectivity index (χ4n) is 2.28. The summed E-state index contributed by atoms with van der Waals surface area (Å²) < 4.78 is 0. The highest BCUT2D eigenvalue weighted by Gasteiger charge is 2.22. The molecule has 0 fully saturated rings. The summed E-state index contributed by atoms with van der Waals surface area (Å²) in [6.07, 6.45) is 2.22. The molecule has 1 aromatic rings. The third kappa shape index (κ3) is 2.21. The van der Waals surface area contributed by atoms with Gasteiger partial charge in [0.05, 0.1) is 5.60 Å². The van der Waals surface area contributed by atoms with Crippen LogP contribution in [0.3, 0.4) is 0 Å². The first-order valence-electron chi connectivity index (χ1n) is 5.63. The van der Waals surface area contributed by atoms with E-state index in [1.165, 1.54) is 11.1 Å². The summed E-state index contributed by atoms with van der Waals surface area (Å²) in [4.78, 5) is 0. The van der Waals surface area contributed by atoms with Crippen LogP contribution in [-0.4, -0.2) is 11.7 Å². The summed E-state index contributed by atoms with van der Waals surface area (Å²) in [5, 5.41) is 13.5. The van der Waals surface area contributed by atoms with E-state index in [0.29, 0.717) is 0 Å². The van der Waals surface area contributed by atoms with Crippen molar-refractivity contribution >= 4 is 0 Å². The van der Waals surface area contributed by atoms with Gasteiger partial charge >= 0.3 is 0 Å². The third-order valence-electron chi connectivity index (χ3n) is 3.03. The third-order valence-corrected chi connectivity index (χ3v) is 3.03. The number of nitrogens with one attached hydrogen (secondary N) is 1. The highest BCUT2D eigenvalue weighted by Crippen LogP contribution is 2.28. The molecule has 0 saturated heterocycles. The van der Waals surface area contributed by atoms with Gasteiger partial charge in [0.25, 0.3) is 0 Å². The van der Waals surface area contributed by atoms with Crippen LogP contribution in [0, 0.1) is 0 Å². The monoisotopic (exact) mass is 205 g/mol. The zero-order chi connectivity index (χ0) is 10.9. The highest BCUT2D eigenvalue weighted by molar-refractivity contribution is 5.39. The van der Waals surface area contributed by atoms with Crippen molar-refractivity contribution in [3.63, 3.8) is 0 Å². The van der Waals surface area contributed by atoms with Gasteiger partial charge in [0, 0.05) is 6.54 Å². The molecule has 2 rings (SSSR count). The van der Waals surface area contributed by atoms with Gasteiger partial charge in [-0.05, 0) is 49.9 Å². The summed E-state index contributed by atoms with van der Waals surface area (Å²) in [5.74, 6) is 0. The molecule has 1 aliphatic heterocycles. The van der Waals surface area contributed by atoms with E-state index in [4.69, 9.17) is 0 Å². The molecule has 0 spiro atoms. The minimum absolute atomic E-state index is 0.727. The van der Waals surface area contributed by atoms with E-state index < -0.39 is 5.60 Å². The first-order chi connectivity index (χ1) is 7.09. The number of benzene rings is 1. The van der Waals surface area contributed by atoms with Crippen molar-refractivity contribution in [2.24, 2.45) is 0 Å². The Kier molecular flexibility index (Phi) is 2.81. The van der Waals surface area contributed by atoms with Crippen molar-refractivity contribution in [2.45, 2.75) is 38.8 Å². The molecule has 0 bridgehead atoms. The second-order valence-corrected chi connectivity index (χ2v) is 4.78. The smallest absolute Gasteiger partial charge is 0.0843 e. The van der Waals surface area contributed by atoms with Gasteiger partial charge in [-0.25, -0.2) is 0 Å². The van der Waals surface area contributed by atoms with Crippen LogP contribution in [0.25, 0.3) is 0 Å². The second-order valence-electron chi connectivity index (χ2n) is 4.78. The predicted molar refractivity (Wildman–Crippen MR) is 61.7 cm³/mol. The molecular weight excluding hydrogens is 186 g/mol. The van der Waals surface area contributed by atoms with Crippen LogP contribution in [0.2, 0.25) is 0 Å². The summed E-state index contributed by atoms with van der Waals surface area (Å²) in [6.45, 7) is 5.72. The van der Waals surface area contributed by atoms with Crippen molar-refractivity contribution in [2.75, 3.05) is 6.54 Å². The Morgan fingerprint density at radius 3 is 2.87 bits per heavy atom. The van der Waals surface area contributed by atoms with Gasteiger partial charge in [-0.3, -0.25) is 0 Å². The molecule has 1 heterocycles. The average Bonchev–Trinajstić information content (AvgIpc) is 2.39. The van der Waals surface area contributed by atoms with E-state index in [0.717, 1.165) is 31.5 Å². The Balaban J connectivity index is 2.48. The fraction of sp³-hybridized carbons (Fsp3) is 0.538. The van der Waals surface area contributed by atoms with E-state index in [1.54, 1.807) is 0 Å². The molecule has 2 heteroatoms. The number of aliphatic hydroxyl groups is 1. The minimum atomic E-state index is -0.727. The fourth-order valence-corrected chi connectivity index (χ4v) is 2.28. The van der Waals surface area contributed by atoms with Crippen molar-refractivity contribution in [3.05, 3.63) is 34.9 Å². The topological polar surface area (TPSA) is 32.3 Å². The Labute approximate surface area is 91.3 Å². The molecule has 2 nitrogen and oxygen atoms in total. The van der Waals surface area contributed by atoms with E-state index in [1.807, 2.05) is 26.0 Å². The lowest BCUT2D eigenvalue weighted by molar-refractivity contribution is 0.0775. The largest absolute Gasteiger partial charge is 0.386 e. The van der Waals surface area contributed by atoms with Crippen molar-refractivity contribution in [1.29, 1.82) is 0 Å². The molecule has 0 amide bonds. The Hall–Kier alpha value is -0.860. The van der Waals surface area contributed by atoms with Crippen LogP contribution in [-0.2, 0) is 18.6 Å². The lowest BCUT2D eigenvalue weighted by Gasteiger charge is -2.23. The maximum Gasteiger partial charge on any atom is 0.0843 e. The standard InChI is InChI=1S/C13H19NO/c1-13(2,15)12-7-3-5-10-9-14-8-4-6-11(10)12/h3,5,7,14-15H,4,6,8-9H2,1-2H3. The highest BCUT2D eigenvalue weighted by atomic mass is 16.3. The predicted octanol–water partition coefficient (Wildman–Crippen LogP) is 1.95. The Bertz CT molecular complexity index is 352. The minimum Gasteiger partial charge on any atom is -0.386 e. The van der Waals surface area contributed by atoms with E-state index in [-0.39, 0.29) is 0 Å². The van der Waals surface area contributed by atoms with Gasteiger partial charge in [-0.15, -0.1) is 0 Å². The Morgan fingerprint density at radius 2 is 2.13 bits per heavy atom.